The van der Waals surface area contributed by atoms with Crippen LogP contribution in [0.25, 0.3) is 0 Å². The van der Waals surface area contributed by atoms with Gasteiger partial charge in [-0.3, -0.25) is 9.69 Å². The van der Waals surface area contributed by atoms with Gasteiger partial charge >= 0.3 is 0 Å². The van der Waals surface area contributed by atoms with Crippen LogP contribution in [0.1, 0.15) is 39.9 Å². The van der Waals surface area contributed by atoms with E-state index < -0.39 is 0 Å². The molecule has 2 aromatic carbocycles. The van der Waals surface area contributed by atoms with Gasteiger partial charge in [0.1, 0.15) is 11.5 Å². The highest BCUT2D eigenvalue weighted by Crippen LogP contribution is 2.28. The van der Waals surface area contributed by atoms with E-state index in [9.17, 15) is 9.90 Å². The topological polar surface area (TPSA) is 49.8 Å². The molecule has 1 N–H and O–H groups in total. The van der Waals surface area contributed by atoms with E-state index in [2.05, 4.69) is 4.90 Å². The highest BCUT2D eigenvalue weighted by Gasteiger charge is 2.27. The van der Waals surface area contributed by atoms with Gasteiger partial charge in [0.2, 0.25) is 0 Å². The van der Waals surface area contributed by atoms with Gasteiger partial charge in [-0.1, -0.05) is 18.2 Å². The van der Waals surface area contributed by atoms with Gasteiger partial charge in [0.05, 0.1) is 7.11 Å². The van der Waals surface area contributed by atoms with Crippen LogP contribution in [0.2, 0.25) is 0 Å². The van der Waals surface area contributed by atoms with Crippen molar-refractivity contribution < 1.29 is 14.6 Å². The third kappa shape index (κ3) is 3.91. The van der Waals surface area contributed by atoms with E-state index in [1.165, 1.54) is 0 Å². The summed E-state index contributed by atoms with van der Waals surface area (Å²) in [5.74, 6) is 1.39. The molecule has 1 atom stereocenters. The molecular formula is C22H27NO3. The molecule has 0 spiro atoms. The number of benzene rings is 2. The first-order chi connectivity index (χ1) is 12.5. The van der Waals surface area contributed by atoms with Crippen molar-refractivity contribution in [3.8, 4) is 11.5 Å². The lowest BCUT2D eigenvalue weighted by Crippen LogP contribution is -2.38. The van der Waals surface area contributed by atoms with Gasteiger partial charge in [-0.05, 0) is 62.6 Å². The molecule has 0 aliphatic carbocycles. The second-order valence-electron chi connectivity index (χ2n) is 7.21. The van der Waals surface area contributed by atoms with E-state index in [0.29, 0.717) is 12.3 Å². The van der Waals surface area contributed by atoms with E-state index in [0.717, 1.165) is 53.9 Å². The number of ketones is 1. The number of para-hydroxylation sites is 1. The molecule has 2 aromatic rings. The molecule has 0 unspecified atom stereocenters. The fraction of sp³-hybridized carbons (Fsp3) is 0.409. The second-order valence-corrected chi connectivity index (χ2v) is 7.21. The molecule has 26 heavy (non-hydrogen) atoms. The van der Waals surface area contributed by atoms with Gasteiger partial charge in [0.15, 0.2) is 5.78 Å². The number of aryl methyl sites for hydroxylation is 2. The van der Waals surface area contributed by atoms with Crippen molar-refractivity contribution in [2.45, 2.75) is 33.2 Å². The molecule has 3 rings (SSSR count). The lowest BCUT2D eigenvalue weighted by atomic mass is 9.88. The molecule has 0 saturated carbocycles. The average Bonchev–Trinajstić information content (AvgIpc) is 2.63. The van der Waals surface area contributed by atoms with Crippen molar-refractivity contribution in [1.82, 2.24) is 4.90 Å². The Labute approximate surface area is 155 Å². The fourth-order valence-corrected chi connectivity index (χ4v) is 3.95. The molecule has 138 valence electrons. The molecule has 1 heterocycles. The highest BCUT2D eigenvalue weighted by molar-refractivity contribution is 5.98. The highest BCUT2D eigenvalue weighted by atomic mass is 16.5. The first kappa shape index (κ1) is 18.5. The number of nitrogens with zero attached hydrogens (tertiary/aromatic N) is 1. The van der Waals surface area contributed by atoms with Gasteiger partial charge in [-0.15, -0.1) is 0 Å². The number of hydrogen-bond donors (Lipinski definition) is 1. The monoisotopic (exact) mass is 353 g/mol. The van der Waals surface area contributed by atoms with E-state index in [1.807, 2.05) is 44.2 Å². The Morgan fingerprint density at radius 2 is 1.92 bits per heavy atom. The van der Waals surface area contributed by atoms with Crippen LogP contribution in [-0.4, -0.2) is 36.0 Å². The Kier molecular flexibility index (Phi) is 5.62. The SMILES string of the molecule is COc1c(C)cc(C(=O)[C@@H]2CCCN(Cc3ccccc3O)C2)cc1C. The van der Waals surface area contributed by atoms with Crippen molar-refractivity contribution in [2.24, 2.45) is 5.92 Å². The third-order valence-corrected chi connectivity index (χ3v) is 5.21. The molecule has 0 aromatic heterocycles. The Balaban J connectivity index is 1.73. The maximum absolute atomic E-state index is 13.1. The minimum Gasteiger partial charge on any atom is -0.508 e. The first-order valence-corrected chi connectivity index (χ1v) is 9.18. The Morgan fingerprint density at radius 1 is 1.23 bits per heavy atom. The molecule has 0 amide bonds. The van der Waals surface area contributed by atoms with Crippen LogP contribution in [0.15, 0.2) is 36.4 Å². The number of carbonyl (C=O) groups is 1. The van der Waals surface area contributed by atoms with Gasteiger partial charge < -0.3 is 9.84 Å². The number of piperidine rings is 1. The maximum Gasteiger partial charge on any atom is 0.167 e. The van der Waals surface area contributed by atoms with E-state index in [-0.39, 0.29) is 11.7 Å². The summed E-state index contributed by atoms with van der Waals surface area (Å²) in [6, 6.07) is 11.3. The zero-order valence-electron chi connectivity index (χ0n) is 15.8. The van der Waals surface area contributed by atoms with E-state index >= 15 is 0 Å². The summed E-state index contributed by atoms with van der Waals surface area (Å²) in [4.78, 5) is 15.3. The summed E-state index contributed by atoms with van der Waals surface area (Å²) in [6.45, 7) is 6.33. The molecule has 1 fully saturated rings. The quantitative estimate of drug-likeness (QED) is 0.822. The van der Waals surface area contributed by atoms with E-state index in [1.54, 1.807) is 13.2 Å². The third-order valence-electron chi connectivity index (χ3n) is 5.21. The minimum atomic E-state index is 0.00167. The van der Waals surface area contributed by atoms with Crippen LogP contribution in [0.4, 0.5) is 0 Å². The smallest absolute Gasteiger partial charge is 0.167 e. The van der Waals surface area contributed by atoms with Crippen LogP contribution in [0.3, 0.4) is 0 Å². The fourth-order valence-electron chi connectivity index (χ4n) is 3.95. The van der Waals surface area contributed by atoms with Crippen LogP contribution in [0.5, 0.6) is 11.5 Å². The summed E-state index contributed by atoms with van der Waals surface area (Å²) in [6.07, 6.45) is 1.92. The van der Waals surface area contributed by atoms with Crippen molar-refractivity contribution >= 4 is 5.78 Å². The number of hydrogen-bond acceptors (Lipinski definition) is 4. The lowest BCUT2D eigenvalue weighted by Gasteiger charge is -2.32. The lowest BCUT2D eigenvalue weighted by molar-refractivity contribution is 0.0810. The van der Waals surface area contributed by atoms with Crippen LogP contribution in [-0.2, 0) is 6.54 Å². The van der Waals surface area contributed by atoms with Crippen molar-refractivity contribution in [3.63, 3.8) is 0 Å². The second kappa shape index (κ2) is 7.92. The number of aromatic hydroxyl groups is 1. The van der Waals surface area contributed by atoms with Gasteiger partial charge in [-0.25, -0.2) is 0 Å². The summed E-state index contributed by atoms with van der Waals surface area (Å²) < 4.78 is 5.41. The Bertz CT molecular complexity index is 777. The van der Waals surface area contributed by atoms with Crippen molar-refractivity contribution in [1.29, 1.82) is 0 Å². The number of phenols is 1. The molecule has 0 bridgehead atoms. The Hall–Kier alpha value is -2.33. The minimum absolute atomic E-state index is 0.00167. The number of carbonyl (C=O) groups excluding carboxylic acids is 1. The Morgan fingerprint density at radius 3 is 2.58 bits per heavy atom. The molecule has 4 heteroatoms. The van der Waals surface area contributed by atoms with Crippen LogP contribution in [0, 0.1) is 19.8 Å². The van der Waals surface area contributed by atoms with Crippen molar-refractivity contribution in [2.75, 3.05) is 20.2 Å². The summed E-state index contributed by atoms with van der Waals surface area (Å²) in [7, 11) is 1.66. The molecule has 1 aliphatic heterocycles. The summed E-state index contributed by atoms with van der Waals surface area (Å²) >= 11 is 0. The number of rotatable bonds is 5. The molecule has 1 aliphatic rings. The number of Topliss-reactive ketones (excluding diaryl/α,β-unsaturated/α-hetero) is 1. The van der Waals surface area contributed by atoms with Gasteiger partial charge in [0, 0.05) is 30.1 Å². The number of phenolic OH excluding ortho intramolecular Hbond substituents is 1. The predicted octanol–water partition coefficient (Wildman–Crippen LogP) is 4.11. The number of likely N-dealkylation sites (tertiary alicyclic amines) is 1. The molecular weight excluding hydrogens is 326 g/mol. The largest absolute Gasteiger partial charge is 0.508 e. The summed E-state index contributed by atoms with van der Waals surface area (Å²) in [5, 5.41) is 10.00. The van der Waals surface area contributed by atoms with Gasteiger partial charge in [0.25, 0.3) is 0 Å². The predicted molar refractivity (Wildman–Crippen MR) is 103 cm³/mol. The normalized spacial score (nSPS) is 17.9. The number of ether oxygens (including phenoxy) is 1. The van der Waals surface area contributed by atoms with E-state index in [4.69, 9.17) is 4.74 Å². The van der Waals surface area contributed by atoms with Crippen molar-refractivity contribution in [3.05, 3.63) is 58.7 Å². The average molecular weight is 353 g/mol. The van der Waals surface area contributed by atoms with Crippen LogP contribution < -0.4 is 4.74 Å². The van der Waals surface area contributed by atoms with Gasteiger partial charge in [-0.2, -0.15) is 0 Å². The maximum atomic E-state index is 13.1. The van der Waals surface area contributed by atoms with Crippen LogP contribution >= 0.6 is 0 Å². The number of methoxy groups -OCH3 is 1. The first-order valence-electron chi connectivity index (χ1n) is 9.18. The molecule has 1 saturated heterocycles. The standard InChI is InChI=1S/C22H27NO3/c1-15-11-19(12-16(2)22(15)26-3)21(25)18-8-6-10-23(14-18)13-17-7-4-5-9-20(17)24/h4-5,7,9,11-12,18,24H,6,8,10,13-14H2,1-3H3/t18-/m1/s1. The zero-order chi connectivity index (χ0) is 18.7. The molecule has 4 nitrogen and oxygen atoms in total. The zero-order valence-corrected chi connectivity index (χ0v) is 15.8. The molecule has 0 radical (unpaired) electrons. The summed E-state index contributed by atoms with van der Waals surface area (Å²) in [5.41, 5.74) is 3.68.